The molecule has 0 heterocycles. The fraction of sp³-hybridized carbons (Fsp3) is 0.455. The minimum absolute atomic E-state index is 0.177. The minimum Gasteiger partial charge on any atom is -0.495 e. The van der Waals surface area contributed by atoms with Gasteiger partial charge in [0.15, 0.2) is 0 Å². The molecule has 0 aliphatic heterocycles. The monoisotopic (exact) mass is 228 g/mol. The fourth-order valence-electron chi connectivity index (χ4n) is 1.43. The van der Waals surface area contributed by atoms with Gasteiger partial charge in [0.1, 0.15) is 5.75 Å². The van der Waals surface area contributed by atoms with E-state index in [-0.39, 0.29) is 6.04 Å². The summed E-state index contributed by atoms with van der Waals surface area (Å²) < 4.78 is 5.16. The van der Waals surface area contributed by atoms with Crippen molar-refractivity contribution < 1.29 is 4.74 Å². The maximum atomic E-state index is 6.19. The molecule has 4 heteroatoms. The number of nitrogens with two attached hydrogens (primary N) is 1. The van der Waals surface area contributed by atoms with Crippen molar-refractivity contribution in [3.63, 3.8) is 0 Å². The highest BCUT2D eigenvalue weighted by Crippen LogP contribution is 2.31. The normalized spacial score (nSPS) is 12.5. The molecule has 0 radical (unpaired) electrons. The molecule has 3 nitrogen and oxygen atoms in total. The van der Waals surface area contributed by atoms with Crippen molar-refractivity contribution in [3.05, 3.63) is 28.8 Å². The maximum Gasteiger partial charge on any atom is 0.137 e. The van der Waals surface area contributed by atoms with Gasteiger partial charge in [-0.2, -0.15) is 0 Å². The van der Waals surface area contributed by atoms with Crippen LogP contribution in [-0.4, -0.2) is 20.2 Å². The molecule has 1 aromatic carbocycles. The minimum atomic E-state index is 0.177. The number of hydrogen-bond acceptors (Lipinski definition) is 3. The van der Waals surface area contributed by atoms with Crippen molar-refractivity contribution in [1.82, 2.24) is 5.32 Å². The van der Waals surface area contributed by atoms with E-state index in [0.717, 1.165) is 12.1 Å². The lowest BCUT2D eigenvalue weighted by molar-refractivity contribution is 0.413. The summed E-state index contributed by atoms with van der Waals surface area (Å²) in [6, 6.07) is 5.94. The summed E-state index contributed by atoms with van der Waals surface area (Å²) >= 11 is 6.19. The molecule has 1 unspecified atom stereocenters. The van der Waals surface area contributed by atoms with Gasteiger partial charge in [-0.15, -0.1) is 0 Å². The molecule has 3 N–H and O–H groups in total. The summed E-state index contributed by atoms with van der Waals surface area (Å²) in [6.07, 6.45) is 0. The zero-order valence-corrected chi connectivity index (χ0v) is 9.84. The van der Waals surface area contributed by atoms with Gasteiger partial charge < -0.3 is 15.8 Å². The Bertz CT molecular complexity index is 317. The van der Waals surface area contributed by atoms with Gasteiger partial charge in [-0.25, -0.2) is 0 Å². The van der Waals surface area contributed by atoms with E-state index in [9.17, 15) is 0 Å². The first-order chi connectivity index (χ1) is 7.20. The first-order valence-electron chi connectivity index (χ1n) is 4.96. The molecule has 0 spiro atoms. The second-order valence-corrected chi connectivity index (χ2v) is 3.71. The van der Waals surface area contributed by atoms with Crippen LogP contribution in [0.2, 0.25) is 5.02 Å². The van der Waals surface area contributed by atoms with Crippen molar-refractivity contribution in [1.29, 1.82) is 0 Å². The summed E-state index contributed by atoms with van der Waals surface area (Å²) in [5.74, 6) is 0.704. The molecule has 15 heavy (non-hydrogen) atoms. The van der Waals surface area contributed by atoms with Crippen molar-refractivity contribution in [2.24, 2.45) is 5.73 Å². The van der Waals surface area contributed by atoms with Gasteiger partial charge in [0.25, 0.3) is 0 Å². The lowest BCUT2D eigenvalue weighted by Crippen LogP contribution is -2.25. The number of rotatable bonds is 5. The van der Waals surface area contributed by atoms with Gasteiger partial charge in [-0.3, -0.25) is 0 Å². The standard InChI is InChI=1S/C11H17ClN2O/c1-8(14-7-6-13)9-4-3-5-10(15-2)11(9)12/h3-5,8,14H,6-7,13H2,1-2H3. The van der Waals surface area contributed by atoms with E-state index in [2.05, 4.69) is 12.2 Å². The van der Waals surface area contributed by atoms with Gasteiger partial charge >= 0.3 is 0 Å². The molecule has 0 aromatic heterocycles. The highest BCUT2D eigenvalue weighted by atomic mass is 35.5. The van der Waals surface area contributed by atoms with E-state index in [1.165, 1.54) is 0 Å². The number of methoxy groups -OCH3 is 1. The van der Waals surface area contributed by atoms with Crippen molar-refractivity contribution in [2.45, 2.75) is 13.0 Å². The maximum absolute atomic E-state index is 6.19. The Morgan fingerprint density at radius 1 is 1.53 bits per heavy atom. The topological polar surface area (TPSA) is 47.3 Å². The van der Waals surface area contributed by atoms with Crippen LogP contribution in [0.15, 0.2) is 18.2 Å². The largest absolute Gasteiger partial charge is 0.495 e. The highest BCUT2D eigenvalue weighted by Gasteiger charge is 2.11. The van der Waals surface area contributed by atoms with Crippen molar-refractivity contribution in [2.75, 3.05) is 20.2 Å². The number of halogens is 1. The van der Waals surface area contributed by atoms with Crippen molar-refractivity contribution in [3.8, 4) is 5.75 Å². The number of hydrogen-bond donors (Lipinski definition) is 2. The molecule has 1 atom stereocenters. The molecule has 0 aliphatic rings. The zero-order chi connectivity index (χ0) is 11.3. The summed E-state index contributed by atoms with van der Waals surface area (Å²) in [5.41, 5.74) is 6.46. The smallest absolute Gasteiger partial charge is 0.137 e. The van der Waals surface area contributed by atoms with Crippen LogP contribution >= 0.6 is 11.6 Å². The SMILES string of the molecule is COc1cccc(C(C)NCCN)c1Cl. The molecule has 0 bridgehead atoms. The summed E-state index contributed by atoms with van der Waals surface area (Å²) in [6.45, 7) is 3.44. The van der Waals surface area contributed by atoms with Crippen LogP contribution in [0.4, 0.5) is 0 Å². The molecule has 0 fully saturated rings. The Kier molecular flexibility index (Phi) is 4.88. The van der Waals surface area contributed by atoms with Gasteiger partial charge in [0.05, 0.1) is 12.1 Å². The lowest BCUT2D eigenvalue weighted by Gasteiger charge is -2.16. The number of nitrogens with one attached hydrogen (secondary N) is 1. The van der Waals surface area contributed by atoms with Crippen LogP contribution in [0, 0.1) is 0 Å². The molecular formula is C11H17ClN2O. The molecule has 0 amide bonds. The lowest BCUT2D eigenvalue weighted by atomic mass is 10.1. The average Bonchev–Trinajstić information content (AvgIpc) is 2.26. The Morgan fingerprint density at radius 3 is 2.87 bits per heavy atom. The predicted octanol–water partition coefficient (Wildman–Crippen LogP) is 1.96. The molecule has 1 rings (SSSR count). The van der Waals surface area contributed by atoms with E-state index in [1.54, 1.807) is 7.11 Å². The molecule has 0 aliphatic carbocycles. The van der Waals surface area contributed by atoms with E-state index >= 15 is 0 Å². The second-order valence-electron chi connectivity index (χ2n) is 3.33. The van der Waals surface area contributed by atoms with Gasteiger partial charge in [0.2, 0.25) is 0 Å². The van der Waals surface area contributed by atoms with E-state index in [0.29, 0.717) is 17.3 Å². The number of ether oxygens (including phenoxy) is 1. The predicted molar refractivity (Wildman–Crippen MR) is 63.5 cm³/mol. The first-order valence-corrected chi connectivity index (χ1v) is 5.34. The van der Waals surface area contributed by atoms with Crippen LogP contribution in [0.5, 0.6) is 5.75 Å². The molecule has 84 valence electrons. The second kappa shape index (κ2) is 5.95. The van der Waals surface area contributed by atoms with Crippen LogP contribution in [0.1, 0.15) is 18.5 Å². The third-order valence-corrected chi connectivity index (χ3v) is 2.68. The quantitative estimate of drug-likeness (QED) is 0.810. The van der Waals surface area contributed by atoms with Crippen LogP contribution in [-0.2, 0) is 0 Å². The summed E-state index contributed by atoms with van der Waals surface area (Å²) in [5, 5.41) is 3.94. The van der Waals surface area contributed by atoms with E-state index in [4.69, 9.17) is 22.1 Å². The molecule has 0 saturated heterocycles. The number of benzene rings is 1. The van der Waals surface area contributed by atoms with Crippen LogP contribution in [0.25, 0.3) is 0 Å². The Labute approximate surface area is 95.6 Å². The Morgan fingerprint density at radius 2 is 2.27 bits per heavy atom. The Hall–Kier alpha value is -0.770. The Balaban J connectivity index is 2.83. The van der Waals surface area contributed by atoms with E-state index < -0.39 is 0 Å². The third kappa shape index (κ3) is 3.09. The summed E-state index contributed by atoms with van der Waals surface area (Å²) in [7, 11) is 1.61. The first kappa shape index (κ1) is 12.3. The van der Waals surface area contributed by atoms with Gasteiger partial charge in [0, 0.05) is 19.1 Å². The van der Waals surface area contributed by atoms with Gasteiger partial charge in [-0.1, -0.05) is 23.7 Å². The molecular weight excluding hydrogens is 212 g/mol. The average molecular weight is 229 g/mol. The summed E-state index contributed by atoms with van der Waals surface area (Å²) in [4.78, 5) is 0. The third-order valence-electron chi connectivity index (χ3n) is 2.27. The molecule has 1 aromatic rings. The zero-order valence-electron chi connectivity index (χ0n) is 9.09. The van der Waals surface area contributed by atoms with Gasteiger partial charge in [-0.05, 0) is 18.6 Å². The van der Waals surface area contributed by atoms with Crippen LogP contribution in [0.3, 0.4) is 0 Å². The van der Waals surface area contributed by atoms with Crippen molar-refractivity contribution >= 4 is 11.6 Å². The van der Waals surface area contributed by atoms with E-state index in [1.807, 2.05) is 18.2 Å². The fourth-order valence-corrected chi connectivity index (χ4v) is 1.80. The molecule has 0 saturated carbocycles. The van der Waals surface area contributed by atoms with Crippen LogP contribution < -0.4 is 15.8 Å². The highest BCUT2D eigenvalue weighted by molar-refractivity contribution is 6.32.